The molecule has 1 saturated heterocycles. The minimum atomic E-state index is -0.447. The minimum Gasteiger partial charge on any atom is -0.313 e. The zero-order valence-electron chi connectivity index (χ0n) is 18.3. The molecule has 6 nitrogen and oxygen atoms in total. The van der Waals surface area contributed by atoms with E-state index in [1.165, 1.54) is 11.1 Å². The van der Waals surface area contributed by atoms with Crippen LogP contribution in [0.15, 0.2) is 76.3 Å². The van der Waals surface area contributed by atoms with Gasteiger partial charge in [0, 0.05) is 30.2 Å². The van der Waals surface area contributed by atoms with E-state index in [4.69, 9.17) is 11.6 Å². The number of fused-ring (bicyclic) bond motifs is 1. The van der Waals surface area contributed by atoms with E-state index in [9.17, 15) is 9.59 Å². The van der Waals surface area contributed by atoms with Crippen molar-refractivity contribution in [1.29, 1.82) is 0 Å². The Morgan fingerprint density at radius 3 is 2.45 bits per heavy atom. The van der Waals surface area contributed by atoms with Gasteiger partial charge in [0.25, 0.3) is 5.56 Å². The SMILES string of the molecule is Cc1ccc(C2CNCC(c3cc(Cl)cc4c3c(=O)[nH]c(=O)n4Cc3ccccc3)N2)cc1. The summed E-state index contributed by atoms with van der Waals surface area (Å²) in [5.74, 6) is 0. The van der Waals surface area contributed by atoms with Crippen LogP contribution in [0.25, 0.3) is 10.9 Å². The van der Waals surface area contributed by atoms with Crippen molar-refractivity contribution < 1.29 is 0 Å². The van der Waals surface area contributed by atoms with Crippen molar-refractivity contribution >= 4 is 22.5 Å². The predicted octanol–water partition coefficient (Wildman–Crippen LogP) is 3.68. The lowest BCUT2D eigenvalue weighted by Gasteiger charge is -2.33. The fourth-order valence-corrected chi connectivity index (χ4v) is 4.77. The summed E-state index contributed by atoms with van der Waals surface area (Å²) in [5.41, 5.74) is 3.83. The van der Waals surface area contributed by atoms with Crippen molar-refractivity contribution in [3.05, 3.63) is 115 Å². The monoisotopic (exact) mass is 460 g/mol. The molecule has 3 aromatic carbocycles. The van der Waals surface area contributed by atoms with E-state index in [0.717, 1.165) is 17.7 Å². The number of hydrogen-bond acceptors (Lipinski definition) is 4. The number of nitrogens with one attached hydrogen (secondary N) is 3. The molecule has 4 aromatic rings. The summed E-state index contributed by atoms with van der Waals surface area (Å²) in [5, 5.41) is 8.13. The van der Waals surface area contributed by atoms with Crippen molar-refractivity contribution in [3.8, 4) is 0 Å². The first kappa shape index (κ1) is 21.6. The molecule has 0 bridgehead atoms. The van der Waals surface area contributed by atoms with Crippen LogP contribution < -0.4 is 21.9 Å². The molecule has 7 heteroatoms. The van der Waals surface area contributed by atoms with E-state index >= 15 is 0 Å². The molecule has 0 spiro atoms. The summed E-state index contributed by atoms with van der Waals surface area (Å²) < 4.78 is 1.58. The van der Waals surface area contributed by atoms with Crippen LogP contribution >= 0.6 is 11.6 Å². The van der Waals surface area contributed by atoms with Gasteiger partial charge in [-0.05, 0) is 35.7 Å². The molecule has 33 heavy (non-hydrogen) atoms. The maximum Gasteiger partial charge on any atom is 0.329 e. The number of H-pyrrole nitrogens is 1. The van der Waals surface area contributed by atoms with Gasteiger partial charge in [0.2, 0.25) is 0 Å². The molecule has 1 aliphatic rings. The van der Waals surface area contributed by atoms with E-state index in [1.54, 1.807) is 10.6 Å². The second kappa shape index (κ2) is 8.98. The number of aromatic amines is 1. The Labute approximate surface area is 196 Å². The number of aromatic nitrogens is 2. The summed E-state index contributed by atoms with van der Waals surface area (Å²) >= 11 is 6.52. The number of benzene rings is 3. The van der Waals surface area contributed by atoms with E-state index in [1.807, 2.05) is 36.4 Å². The molecule has 1 fully saturated rings. The van der Waals surface area contributed by atoms with E-state index in [2.05, 4.69) is 46.8 Å². The predicted molar refractivity (Wildman–Crippen MR) is 132 cm³/mol. The summed E-state index contributed by atoms with van der Waals surface area (Å²) in [6, 6.07) is 21.6. The smallest absolute Gasteiger partial charge is 0.313 e. The average Bonchev–Trinajstić information content (AvgIpc) is 2.82. The Bertz CT molecular complexity index is 1410. The maximum atomic E-state index is 13.0. The molecule has 2 heterocycles. The largest absolute Gasteiger partial charge is 0.329 e. The van der Waals surface area contributed by atoms with Gasteiger partial charge in [-0.15, -0.1) is 0 Å². The quantitative estimate of drug-likeness (QED) is 0.434. The summed E-state index contributed by atoms with van der Waals surface area (Å²) in [6.45, 7) is 3.84. The van der Waals surface area contributed by atoms with Crippen molar-refractivity contribution in [2.75, 3.05) is 13.1 Å². The van der Waals surface area contributed by atoms with Crippen molar-refractivity contribution in [1.82, 2.24) is 20.2 Å². The number of hydrogen-bond donors (Lipinski definition) is 3. The molecule has 2 atom stereocenters. The van der Waals surface area contributed by atoms with Gasteiger partial charge < -0.3 is 10.6 Å². The van der Waals surface area contributed by atoms with Gasteiger partial charge in [-0.1, -0.05) is 71.8 Å². The molecule has 168 valence electrons. The lowest BCUT2D eigenvalue weighted by Crippen LogP contribution is -2.45. The summed E-state index contributed by atoms with van der Waals surface area (Å²) in [7, 11) is 0. The average molecular weight is 461 g/mol. The lowest BCUT2D eigenvalue weighted by atomic mass is 9.96. The molecular formula is C26H25ClN4O2. The van der Waals surface area contributed by atoms with Crippen LogP contribution in [0.1, 0.15) is 34.3 Å². The molecule has 0 amide bonds. The van der Waals surface area contributed by atoms with Gasteiger partial charge in [-0.25, -0.2) is 4.79 Å². The van der Waals surface area contributed by atoms with Crippen molar-refractivity contribution in [2.24, 2.45) is 0 Å². The first-order chi connectivity index (χ1) is 16.0. The Morgan fingerprint density at radius 2 is 1.70 bits per heavy atom. The molecule has 1 aliphatic heterocycles. The van der Waals surface area contributed by atoms with Gasteiger partial charge in [0.15, 0.2) is 0 Å². The van der Waals surface area contributed by atoms with E-state index in [0.29, 0.717) is 29.0 Å². The maximum absolute atomic E-state index is 13.0. The second-order valence-corrected chi connectivity index (χ2v) is 9.00. The number of halogens is 1. The normalized spacial score (nSPS) is 18.5. The third-order valence-electron chi connectivity index (χ3n) is 6.23. The van der Waals surface area contributed by atoms with Gasteiger partial charge >= 0.3 is 5.69 Å². The molecule has 0 radical (unpaired) electrons. The topological polar surface area (TPSA) is 78.9 Å². The first-order valence-corrected chi connectivity index (χ1v) is 11.4. The van der Waals surface area contributed by atoms with Crippen LogP contribution in [0.3, 0.4) is 0 Å². The standard InChI is InChI=1S/C26H25ClN4O2/c1-16-7-9-18(10-8-16)21-13-28-14-22(29-21)20-11-19(27)12-23-24(20)25(32)30-26(33)31(23)15-17-5-3-2-4-6-17/h2-12,21-22,28-29H,13-15H2,1H3,(H,30,32,33). The third-order valence-corrected chi connectivity index (χ3v) is 6.45. The van der Waals surface area contributed by atoms with Crippen molar-refractivity contribution in [3.63, 3.8) is 0 Å². The molecular weight excluding hydrogens is 436 g/mol. The van der Waals surface area contributed by atoms with E-state index in [-0.39, 0.29) is 12.1 Å². The van der Waals surface area contributed by atoms with Crippen molar-refractivity contribution in [2.45, 2.75) is 25.6 Å². The molecule has 5 rings (SSSR count). The molecule has 2 unspecified atom stereocenters. The summed E-state index contributed by atoms with van der Waals surface area (Å²) in [4.78, 5) is 28.3. The lowest BCUT2D eigenvalue weighted by molar-refractivity contribution is 0.351. The zero-order chi connectivity index (χ0) is 22.9. The summed E-state index contributed by atoms with van der Waals surface area (Å²) in [6.07, 6.45) is 0. The molecule has 0 aliphatic carbocycles. The third kappa shape index (κ3) is 4.37. The van der Waals surface area contributed by atoms with Gasteiger partial charge in [-0.2, -0.15) is 0 Å². The fourth-order valence-electron chi connectivity index (χ4n) is 4.55. The highest BCUT2D eigenvalue weighted by atomic mass is 35.5. The molecule has 1 aromatic heterocycles. The molecule has 0 saturated carbocycles. The minimum absolute atomic E-state index is 0.0905. The molecule has 3 N–H and O–H groups in total. The highest BCUT2D eigenvalue weighted by molar-refractivity contribution is 6.31. The van der Waals surface area contributed by atoms with Gasteiger partial charge in [-0.3, -0.25) is 14.3 Å². The Morgan fingerprint density at radius 1 is 0.970 bits per heavy atom. The number of piperazine rings is 1. The fraction of sp³-hybridized carbons (Fsp3) is 0.231. The van der Waals surface area contributed by atoms with Crippen LogP contribution in [0, 0.1) is 6.92 Å². The Hall–Kier alpha value is -3.19. The highest BCUT2D eigenvalue weighted by Gasteiger charge is 2.26. The van der Waals surface area contributed by atoms with Crippen LogP contribution in [0.4, 0.5) is 0 Å². The highest BCUT2D eigenvalue weighted by Crippen LogP contribution is 2.29. The Balaban J connectivity index is 1.60. The second-order valence-electron chi connectivity index (χ2n) is 8.56. The van der Waals surface area contributed by atoms with E-state index < -0.39 is 11.2 Å². The van der Waals surface area contributed by atoms with Crippen LogP contribution in [-0.2, 0) is 6.54 Å². The number of aryl methyl sites for hydroxylation is 1. The van der Waals surface area contributed by atoms with Gasteiger partial charge in [0.05, 0.1) is 17.4 Å². The number of rotatable bonds is 4. The van der Waals surface area contributed by atoms with Crippen LogP contribution in [0.5, 0.6) is 0 Å². The van der Waals surface area contributed by atoms with Crippen LogP contribution in [0.2, 0.25) is 5.02 Å². The van der Waals surface area contributed by atoms with Gasteiger partial charge in [0.1, 0.15) is 0 Å². The van der Waals surface area contributed by atoms with Crippen LogP contribution in [-0.4, -0.2) is 22.6 Å². The first-order valence-electron chi connectivity index (χ1n) is 11.0. The Kier molecular flexibility index (Phi) is 5.89. The zero-order valence-corrected chi connectivity index (χ0v) is 19.0. The number of nitrogens with zero attached hydrogens (tertiary/aromatic N) is 1.